The van der Waals surface area contributed by atoms with Gasteiger partial charge in [0, 0.05) is 21.9 Å². The molecule has 0 unspecified atom stereocenters. The number of anilines is 1. The molecule has 1 aliphatic heterocycles. The second kappa shape index (κ2) is 8.66. The maximum atomic E-state index is 12.5. The number of benzene rings is 2. The number of carbonyl (C=O) groups excluding carboxylic acids is 1. The number of thiazole rings is 2. The summed E-state index contributed by atoms with van der Waals surface area (Å²) in [7, 11) is 0. The molecule has 6 nitrogen and oxygen atoms in total. The maximum absolute atomic E-state index is 12.5. The van der Waals surface area contributed by atoms with E-state index in [1.54, 1.807) is 0 Å². The van der Waals surface area contributed by atoms with Gasteiger partial charge in [0.25, 0.3) is 0 Å². The predicted molar refractivity (Wildman–Crippen MR) is 123 cm³/mol. The lowest BCUT2D eigenvalue weighted by Crippen LogP contribution is -2.15. The van der Waals surface area contributed by atoms with Crippen LogP contribution in [0.25, 0.3) is 21.8 Å². The summed E-state index contributed by atoms with van der Waals surface area (Å²) in [5, 5.41) is 8.61. The zero-order valence-electron chi connectivity index (χ0n) is 16.1. The molecule has 0 saturated heterocycles. The molecule has 0 radical (unpaired) electrons. The molecule has 31 heavy (non-hydrogen) atoms. The molecule has 4 aromatic rings. The summed E-state index contributed by atoms with van der Waals surface area (Å²) in [6, 6.07) is 13.2. The summed E-state index contributed by atoms with van der Waals surface area (Å²) in [6.07, 6.45) is 0.167. The van der Waals surface area contributed by atoms with Gasteiger partial charge < -0.3 is 14.8 Å². The number of carbonyl (C=O) groups is 1. The third-order valence-electron chi connectivity index (χ3n) is 4.59. The van der Waals surface area contributed by atoms with Crippen LogP contribution in [0.3, 0.4) is 0 Å². The van der Waals surface area contributed by atoms with Gasteiger partial charge in [0.05, 0.1) is 22.8 Å². The lowest BCUT2D eigenvalue weighted by Gasteiger charge is -2.18. The first-order valence-electron chi connectivity index (χ1n) is 9.50. The van der Waals surface area contributed by atoms with E-state index in [0.717, 1.165) is 27.6 Å². The van der Waals surface area contributed by atoms with E-state index < -0.39 is 0 Å². The van der Waals surface area contributed by atoms with Gasteiger partial charge in [-0.3, -0.25) is 4.79 Å². The van der Waals surface area contributed by atoms with Crippen molar-refractivity contribution < 1.29 is 14.3 Å². The van der Waals surface area contributed by atoms with Crippen molar-refractivity contribution in [3.05, 3.63) is 63.9 Å². The van der Waals surface area contributed by atoms with Crippen molar-refractivity contribution in [1.29, 1.82) is 0 Å². The van der Waals surface area contributed by atoms with Crippen molar-refractivity contribution in [2.24, 2.45) is 0 Å². The van der Waals surface area contributed by atoms with Crippen LogP contribution in [0.15, 0.2) is 53.2 Å². The fourth-order valence-electron chi connectivity index (χ4n) is 3.14. The first-order valence-corrected chi connectivity index (χ1v) is 11.6. The minimum absolute atomic E-state index is 0.167. The Morgan fingerprint density at radius 3 is 2.74 bits per heavy atom. The number of rotatable bonds is 5. The number of hydrogen-bond donors (Lipinski definition) is 1. The molecule has 3 heterocycles. The zero-order valence-corrected chi connectivity index (χ0v) is 18.5. The maximum Gasteiger partial charge on any atom is 0.232 e. The monoisotopic (exact) mass is 469 g/mol. The zero-order chi connectivity index (χ0) is 21.2. The minimum Gasteiger partial charge on any atom is -0.486 e. The summed E-state index contributed by atoms with van der Waals surface area (Å²) < 4.78 is 11.2. The Kier molecular flexibility index (Phi) is 5.59. The van der Waals surface area contributed by atoms with E-state index in [1.165, 1.54) is 22.7 Å². The molecule has 0 aliphatic carbocycles. The lowest BCUT2D eigenvalue weighted by atomic mass is 10.1. The molecular weight excluding hydrogens is 454 g/mol. The van der Waals surface area contributed by atoms with E-state index in [9.17, 15) is 4.79 Å². The van der Waals surface area contributed by atoms with E-state index in [-0.39, 0.29) is 12.3 Å². The number of nitrogens with zero attached hydrogens (tertiary/aromatic N) is 2. The number of hydrogen-bond acceptors (Lipinski definition) is 7. The van der Waals surface area contributed by atoms with Gasteiger partial charge in [0.15, 0.2) is 16.6 Å². The molecule has 0 spiro atoms. The third kappa shape index (κ3) is 4.41. The number of amides is 1. The Morgan fingerprint density at radius 1 is 1.03 bits per heavy atom. The number of aromatic nitrogens is 2. The van der Waals surface area contributed by atoms with E-state index in [1.807, 2.05) is 53.2 Å². The van der Waals surface area contributed by atoms with Crippen LogP contribution in [0.4, 0.5) is 5.13 Å². The molecule has 0 saturated carbocycles. The Morgan fingerprint density at radius 2 is 1.87 bits per heavy atom. The van der Waals surface area contributed by atoms with Crippen molar-refractivity contribution in [3.8, 4) is 33.3 Å². The Hall–Kier alpha value is -2.94. The van der Waals surface area contributed by atoms with Crippen molar-refractivity contribution >= 4 is 45.3 Å². The topological polar surface area (TPSA) is 73.3 Å². The van der Waals surface area contributed by atoms with Gasteiger partial charge in [0.1, 0.15) is 18.2 Å². The quantitative estimate of drug-likeness (QED) is 0.415. The van der Waals surface area contributed by atoms with Crippen molar-refractivity contribution in [2.75, 3.05) is 18.5 Å². The second-order valence-corrected chi connectivity index (χ2v) is 8.87. The predicted octanol–water partition coefficient (Wildman–Crippen LogP) is 5.54. The SMILES string of the molecule is O=C(Cc1csc(-c2ccccc2Cl)n1)Nc1nc(-c2ccc3c(c2)OCCO3)cs1. The molecule has 156 valence electrons. The van der Waals surface area contributed by atoms with Gasteiger partial charge in [-0.25, -0.2) is 9.97 Å². The van der Waals surface area contributed by atoms with Gasteiger partial charge in [-0.15, -0.1) is 22.7 Å². The van der Waals surface area contributed by atoms with Crippen LogP contribution in [0.1, 0.15) is 5.69 Å². The van der Waals surface area contributed by atoms with Crippen LogP contribution in [-0.2, 0) is 11.2 Å². The summed E-state index contributed by atoms with van der Waals surface area (Å²) in [5.41, 5.74) is 3.24. The highest BCUT2D eigenvalue weighted by molar-refractivity contribution is 7.14. The lowest BCUT2D eigenvalue weighted by molar-refractivity contribution is -0.115. The van der Waals surface area contributed by atoms with E-state index >= 15 is 0 Å². The van der Waals surface area contributed by atoms with Crippen LogP contribution in [0.5, 0.6) is 11.5 Å². The highest BCUT2D eigenvalue weighted by Crippen LogP contribution is 2.35. The highest BCUT2D eigenvalue weighted by Gasteiger charge is 2.15. The molecule has 9 heteroatoms. The van der Waals surface area contributed by atoms with E-state index in [0.29, 0.717) is 34.8 Å². The van der Waals surface area contributed by atoms with Gasteiger partial charge in [-0.2, -0.15) is 0 Å². The first-order chi connectivity index (χ1) is 15.2. The molecule has 2 aromatic heterocycles. The number of ether oxygens (including phenoxy) is 2. The average Bonchev–Trinajstić information content (AvgIpc) is 3.43. The smallest absolute Gasteiger partial charge is 0.232 e. The molecule has 2 aromatic carbocycles. The van der Waals surface area contributed by atoms with Gasteiger partial charge in [-0.1, -0.05) is 29.8 Å². The third-order valence-corrected chi connectivity index (χ3v) is 6.60. The standard InChI is InChI=1S/C22H16ClN3O3S2/c23-16-4-2-1-3-15(16)21-24-14(11-30-21)10-20(27)26-22-25-17(12-31-22)13-5-6-18-19(9-13)29-8-7-28-18/h1-6,9,11-12H,7-8,10H2,(H,25,26,27). The fourth-order valence-corrected chi connectivity index (χ4v) is 5.02. The van der Waals surface area contributed by atoms with Crippen LogP contribution in [0, 0.1) is 0 Å². The van der Waals surface area contributed by atoms with Gasteiger partial charge in [-0.05, 0) is 24.3 Å². The first kappa shape index (κ1) is 20.0. The molecule has 1 aliphatic rings. The van der Waals surface area contributed by atoms with E-state index in [2.05, 4.69) is 15.3 Å². The number of fused-ring (bicyclic) bond motifs is 1. The summed E-state index contributed by atoms with van der Waals surface area (Å²) in [4.78, 5) is 21.6. The van der Waals surface area contributed by atoms with Gasteiger partial charge in [0.2, 0.25) is 5.91 Å². The summed E-state index contributed by atoms with van der Waals surface area (Å²) in [5.74, 6) is 1.28. The van der Waals surface area contributed by atoms with Gasteiger partial charge >= 0.3 is 0 Å². The van der Waals surface area contributed by atoms with Crippen LogP contribution in [0.2, 0.25) is 5.02 Å². The molecule has 0 bridgehead atoms. The molecule has 1 amide bonds. The number of halogens is 1. The molecule has 0 fully saturated rings. The molecule has 0 atom stereocenters. The fraction of sp³-hybridized carbons (Fsp3) is 0.136. The number of nitrogens with one attached hydrogen (secondary N) is 1. The molecule has 5 rings (SSSR count). The normalized spacial score (nSPS) is 12.5. The van der Waals surface area contributed by atoms with Crippen LogP contribution >= 0.6 is 34.3 Å². The van der Waals surface area contributed by atoms with Crippen molar-refractivity contribution in [3.63, 3.8) is 0 Å². The van der Waals surface area contributed by atoms with Crippen LogP contribution < -0.4 is 14.8 Å². The average molecular weight is 470 g/mol. The summed E-state index contributed by atoms with van der Waals surface area (Å²) >= 11 is 9.08. The minimum atomic E-state index is -0.168. The van der Waals surface area contributed by atoms with Crippen LogP contribution in [-0.4, -0.2) is 29.1 Å². The van der Waals surface area contributed by atoms with Crippen molar-refractivity contribution in [2.45, 2.75) is 6.42 Å². The van der Waals surface area contributed by atoms with E-state index in [4.69, 9.17) is 21.1 Å². The van der Waals surface area contributed by atoms with Crippen molar-refractivity contribution in [1.82, 2.24) is 9.97 Å². The molecular formula is C22H16ClN3O3S2. The Balaban J connectivity index is 1.25. The Labute approximate surface area is 191 Å². The second-order valence-electron chi connectivity index (χ2n) is 6.75. The molecule has 1 N–H and O–H groups in total. The Bertz CT molecular complexity index is 1250. The largest absolute Gasteiger partial charge is 0.486 e. The summed E-state index contributed by atoms with van der Waals surface area (Å²) in [6.45, 7) is 1.09. The highest BCUT2D eigenvalue weighted by atomic mass is 35.5.